The van der Waals surface area contributed by atoms with Crippen LogP contribution in [0, 0.1) is 12.3 Å². The van der Waals surface area contributed by atoms with Crippen LogP contribution in [0.1, 0.15) is 30.8 Å². The van der Waals surface area contributed by atoms with E-state index < -0.39 is 23.7 Å². The number of benzene rings is 1. The highest BCUT2D eigenvalue weighted by Gasteiger charge is 2.75. The highest BCUT2D eigenvalue weighted by molar-refractivity contribution is 5.98. The molecule has 0 spiro atoms. The number of alkyl halides is 2. The van der Waals surface area contributed by atoms with Crippen LogP contribution in [-0.4, -0.2) is 35.1 Å². The summed E-state index contributed by atoms with van der Waals surface area (Å²) in [5.41, 5.74) is -0.231. The van der Waals surface area contributed by atoms with Crippen LogP contribution in [0.4, 0.5) is 14.5 Å². The first-order valence-corrected chi connectivity index (χ1v) is 8.08. The van der Waals surface area contributed by atoms with Gasteiger partial charge in [0.15, 0.2) is 0 Å². The zero-order valence-electron chi connectivity index (χ0n) is 14.4. The maximum Gasteiger partial charge on any atom is 0.266 e. The third-order valence-corrected chi connectivity index (χ3v) is 4.85. The fourth-order valence-corrected chi connectivity index (χ4v) is 3.10. The Morgan fingerprint density at radius 3 is 2.52 bits per heavy atom. The van der Waals surface area contributed by atoms with Gasteiger partial charge in [-0.3, -0.25) is 4.79 Å². The summed E-state index contributed by atoms with van der Waals surface area (Å²) in [6.45, 7) is 3.68. The van der Waals surface area contributed by atoms with Gasteiger partial charge in [-0.05, 0) is 31.5 Å². The molecule has 1 aromatic heterocycles. The van der Waals surface area contributed by atoms with E-state index in [9.17, 15) is 13.6 Å². The molecular weight excluding hydrogens is 328 g/mol. The average Bonchev–Trinajstić information content (AvgIpc) is 2.90. The van der Waals surface area contributed by atoms with Crippen molar-refractivity contribution in [3.8, 4) is 0 Å². The van der Waals surface area contributed by atoms with Crippen molar-refractivity contribution in [2.45, 2.75) is 32.2 Å². The molecule has 1 amide bonds. The first kappa shape index (κ1) is 17.5. The summed E-state index contributed by atoms with van der Waals surface area (Å²) >= 11 is 0. The van der Waals surface area contributed by atoms with Gasteiger partial charge in [-0.2, -0.15) is 0 Å². The molecule has 0 aliphatic heterocycles. The molecule has 0 bridgehead atoms. The number of methoxy groups -OCH3 is 1. The van der Waals surface area contributed by atoms with Crippen molar-refractivity contribution in [2.75, 3.05) is 19.0 Å². The minimum absolute atomic E-state index is 0.0832. The van der Waals surface area contributed by atoms with Crippen molar-refractivity contribution in [3.05, 3.63) is 48.0 Å². The summed E-state index contributed by atoms with van der Waals surface area (Å²) in [4.78, 5) is 16.5. The number of nitrogens with one attached hydrogen (secondary N) is 1. The van der Waals surface area contributed by atoms with Gasteiger partial charge in [-0.1, -0.05) is 12.1 Å². The van der Waals surface area contributed by atoms with E-state index in [1.807, 2.05) is 36.7 Å². The molecule has 1 aliphatic rings. The first-order chi connectivity index (χ1) is 11.8. The molecular formula is C18H21F2N3O2. The molecule has 5 nitrogen and oxygen atoms in total. The molecule has 0 unspecified atom stereocenters. The van der Waals surface area contributed by atoms with Crippen molar-refractivity contribution >= 4 is 11.6 Å². The van der Waals surface area contributed by atoms with Crippen molar-refractivity contribution in [1.82, 2.24) is 9.55 Å². The monoisotopic (exact) mass is 349 g/mol. The van der Waals surface area contributed by atoms with Gasteiger partial charge in [0.2, 0.25) is 5.91 Å². The minimum atomic E-state index is -3.01. The van der Waals surface area contributed by atoms with Crippen molar-refractivity contribution in [1.29, 1.82) is 0 Å². The number of carbonyl (C=O) groups is 1. The second-order valence-corrected chi connectivity index (χ2v) is 6.53. The Balaban J connectivity index is 1.71. The number of hydrogen-bond acceptors (Lipinski definition) is 3. The van der Waals surface area contributed by atoms with Crippen molar-refractivity contribution in [2.24, 2.45) is 5.41 Å². The lowest BCUT2D eigenvalue weighted by molar-refractivity contribution is -0.127. The summed E-state index contributed by atoms with van der Waals surface area (Å²) in [5.74, 6) is -2.81. The molecule has 1 saturated carbocycles. The predicted molar refractivity (Wildman–Crippen MR) is 89.7 cm³/mol. The van der Waals surface area contributed by atoms with Crippen molar-refractivity contribution in [3.63, 3.8) is 0 Å². The number of aryl methyl sites for hydroxylation is 1. The summed E-state index contributed by atoms with van der Waals surface area (Å²) in [5, 5.41) is 2.58. The lowest BCUT2D eigenvalue weighted by Gasteiger charge is -2.17. The maximum absolute atomic E-state index is 13.6. The predicted octanol–water partition coefficient (Wildman–Crippen LogP) is 3.41. The first-order valence-electron chi connectivity index (χ1n) is 8.08. The van der Waals surface area contributed by atoms with Crippen LogP contribution in [-0.2, 0) is 9.53 Å². The second-order valence-electron chi connectivity index (χ2n) is 6.53. The van der Waals surface area contributed by atoms with Crippen LogP contribution < -0.4 is 5.32 Å². The molecule has 1 fully saturated rings. The molecule has 2 aromatic rings. The largest absolute Gasteiger partial charge is 0.383 e. The van der Waals surface area contributed by atoms with E-state index in [2.05, 4.69) is 10.3 Å². The maximum atomic E-state index is 13.6. The van der Waals surface area contributed by atoms with Gasteiger partial charge in [0, 0.05) is 31.6 Å². The fourth-order valence-electron chi connectivity index (χ4n) is 3.10. The van der Waals surface area contributed by atoms with Gasteiger partial charge in [0.25, 0.3) is 5.92 Å². The fraction of sp³-hybridized carbons (Fsp3) is 0.444. The summed E-state index contributed by atoms with van der Waals surface area (Å²) < 4.78 is 34.1. The summed E-state index contributed by atoms with van der Waals surface area (Å²) in [7, 11) is 1.32. The highest BCUT2D eigenvalue weighted by Crippen LogP contribution is 2.61. The van der Waals surface area contributed by atoms with E-state index in [1.54, 1.807) is 18.3 Å². The molecule has 134 valence electrons. The summed E-state index contributed by atoms with van der Waals surface area (Å²) in [6.07, 6.45) is 3.17. The van der Waals surface area contributed by atoms with Gasteiger partial charge in [0.1, 0.15) is 11.2 Å². The number of anilines is 1. The lowest BCUT2D eigenvalue weighted by atomic mass is 10.1. The molecule has 7 heteroatoms. The van der Waals surface area contributed by atoms with Crippen LogP contribution >= 0.6 is 0 Å². The van der Waals surface area contributed by atoms with E-state index in [0.29, 0.717) is 5.69 Å². The van der Waals surface area contributed by atoms with Crippen LogP contribution in [0.25, 0.3) is 0 Å². The Hall–Kier alpha value is -2.28. The minimum Gasteiger partial charge on any atom is -0.383 e. The highest BCUT2D eigenvalue weighted by atomic mass is 19.3. The standard InChI is InChI=1S/C18H21F2N3O2/c1-12(23-9-8-21-13(23)2)14-4-6-15(7-5-14)22-16(24)17(11-25-3)10-18(17,19)20/h4-9,12H,10-11H2,1-3H3,(H,22,24)/t12-,17+/m0/s1. The molecule has 25 heavy (non-hydrogen) atoms. The Labute approximate surface area is 145 Å². The third kappa shape index (κ3) is 3.04. The number of imidazole rings is 1. The lowest BCUT2D eigenvalue weighted by Crippen LogP contribution is -2.33. The normalized spacial score (nSPS) is 22.4. The number of carbonyl (C=O) groups excluding carboxylic acids is 1. The smallest absolute Gasteiger partial charge is 0.266 e. The van der Waals surface area contributed by atoms with E-state index in [4.69, 9.17) is 4.74 Å². The van der Waals surface area contributed by atoms with Crippen LogP contribution in [0.3, 0.4) is 0 Å². The van der Waals surface area contributed by atoms with E-state index in [0.717, 1.165) is 11.4 Å². The van der Waals surface area contributed by atoms with Crippen LogP contribution in [0.15, 0.2) is 36.7 Å². The second kappa shape index (κ2) is 6.22. The number of aromatic nitrogens is 2. The van der Waals surface area contributed by atoms with E-state index >= 15 is 0 Å². The number of halogens is 2. The summed E-state index contributed by atoms with van der Waals surface area (Å²) in [6, 6.07) is 7.26. The van der Waals surface area contributed by atoms with Gasteiger partial charge in [-0.25, -0.2) is 13.8 Å². The molecule has 1 aromatic carbocycles. The van der Waals surface area contributed by atoms with E-state index in [1.165, 1.54) is 7.11 Å². The quantitative estimate of drug-likeness (QED) is 0.869. The van der Waals surface area contributed by atoms with Crippen molar-refractivity contribution < 1.29 is 18.3 Å². The molecule has 2 atom stereocenters. The van der Waals surface area contributed by atoms with Crippen LogP contribution in [0.2, 0.25) is 0 Å². The Kier molecular flexibility index (Phi) is 4.36. The molecule has 1 N–H and O–H groups in total. The molecule has 3 rings (SSSR count). The Morgan fingerprint density at radius 2 is 2.04 bits per heavy atom. The van der Waals surface area contributed by atoms with Gasteiger partial charge < -0.3 is 14.6 Å². The molecule has 0 saturated heterocycles. The topological polar surface area (TPSA) is 56.1 Å². The number of ether oxygens (including phenoxy) is 1. The third-order valence-electron chi connectivity index (χ3n) is 4.85. The molecule has 0 radical (unpaired) electrons. The zero-order valence-corrected chi connectivity index (χ0v) is 14.4. The number of rotatable bonds is 6. The van der Waals surface area contributed by atoms with Gasteiger partial charge in [0.05, 0.1) is 12.6 Å². The molecule has 1 aliphatic carbocycles. The zero-order chi connectivity index (χ0) is 18.2. The number of hydrogen-bond donors (Lipinski definition) is 1. The SMILES string of the molecule is COC[C@@]1(C(=O)Nc2ccc([C@H](C)n3ccnc3C)cc2)CC1(F)F. The van der Waals surface area contributed by atoms with E-state index in [-0.39, 0.29) is 12.6 Å². The molecule has 1 heterocycles. The van der Waals surface area contributed by atoms with Gasteiger partial charge >= 0.3 is 0 Å². The van der Waals surface area contributed by atoms with Gasteiger partial charge in [-0.15, -0.1) is 0 Å². The van der Waals surface area contributed by atoms with Crippen LogP contribution in [0.5, 0.6) is 0 Å². The number of amides is 1. The number of nitrogens with zero attached hydrogens (tertiary/aromatic N) is 2. The Morgan fingerprint density at radius 1 is 1.40 bits per heavy atom. The Bertz CT molecular complexity index is 773. The average molecular weight is 349 g/mol.